The maximum Gasteiger partial charge on any atom is 0.292 e. The fourth-order valence-electron chi connectivity index (χ4n) is 1.21. The molecular formula is C10H8N4O4. The molecule has 0 aliphatic heterocycles. The molecule has 8 heteroatoms. The molecular weight excluding hydrogens is 240 g/mol. The lowest BCUT2D eigenvalue weighted by Gasteiger charge is -2.05. The van der Waals surface area contributed by atoms with Gasteiger partial charge < -0.3 is 11.1 Å². The number of carbonyl (C=O) groups excluding carboxylic acids is 2. The van der Waals surface area contributed by atoms with Crippen LogP contribution < -0.4 is 11.1 Å². The summed E-state index contributed by atoms with van der Waals surface area (Å²) in [6, 6.07) is 4.93. The molecule has 1 aromatic rings. The summed E-state index contributed by atoms with van der Waals surface area (Å²) in [7, 11) is 0. The van der Waals surface area contributed by atoms with Gasteiger partial charge in [0.05, 0.1) is 11.0 Å². The molecule has 0 radical (unpaired) electrons. The molecule has 0 aliphatic carbocycles. The molecule has 0 aliphatic rings. The third-order valence-electron chi connectivity index (χ3n) is 1.99. The first-order chi connectivity index (χ1) is 8.45. The van der Waals surface area contributed by atoms with Gasteiger partial charge in [0, 0.05) is 11.6 Å². The predicted octanol–water partition coefficient (Wildman–Crippen LogP) is 0.546. The molecule has 0 bridgehead atoms. The summed E-state index contributed by atoms with van der Waals surface area (Å²) < 4.78 is 0. The molecule has 8 nitrogen and oxygen atoms in total. The lowest BCUT2D eigenvalue weighted by molar-refractivity contribution is -0.383. The van der Waals surface area contributed by atoms with E-state index in [1.807, 2.05) is 0 Å². The minimum absolute atomic E-state index is 0.0212. The number of anilines is 1. The topological polar surface area (TPSA) is 139 Å². The minimum Gasteiger partial charge on any atom is -0.366 e. The number of nitrogens with two attached hydrogens (primary N) is 1. The molecule has 92 valence electrons. The molecule has 3 N–H and O–H groups in total. The van der Waals surface area contributed by atoms with Crippen LogP contribution in [0, 0.1) is 21.4 Å². The predicted molar refractivity (Wildman–Crippen MR) is 60.5 cm³/mol. The third kappa shape index (κ3) is 3.02. The molecule has 0 aromatic heterocycles. The summed E-state index contributed by atoms with van der Waals surface area (Å²) in [4.78, 5) is 32.1. The average Bonchev–Trinajstić information content (AvgIpc) is 2.28. The molecule has 0 fully saturated rings. The van der Waals surface area contributed by atoms with Crippen LogP contribution in [-0.2, 0) is 4.79 Å². The first kappa shape index (κ1) is 13.1. The summed E-state index contributed by atoms with van der Waals surface area (Å²) in [6.45, 7) is 0. The van der Waals surface area contributed by atoms with Gasteiger partial charge in [-0.25, -0.2) is 0 Å². The van der Waals surface area contributed by atoms with Gasteiger partial charge in [-0.15, -0.1) is 0 Å². The van der Waals surface area contributed by atoms with Crippen LogP contribution in [0.5, 0.6) is 0 Å². The van der Waals surface area contributed by atoms with Crippen LogP contribution >= 0.6 is 0 Å². The lowest BCUT2D eigenvalue weighted by atomic mass is 10.1. The van der Waals surface area contributed by atoms with E-state index in [9.17, 15) is 19.7 Å². The summed E-state index contributed by atoms with van der Waals surface area (Å²) in [6.07, 6.45) is -0.446. The number of nitro groups is 1. The Kier molecular flexibility index (Phi) is 3.93. The number of rotatable bonds is 4. The number of nitrogens with zero attached hydrogens (tertiary/aromatic N) is 2. The van der Waals surface area contributed by atoms with Crippen LogP contribution in [0.15, 0.2) is 18.2 Å². The minimum atomic E-state index is -0.777. The van der Waals surface area contributed by atoms with Gasteiger partial charge in [0.1, 0.15) is 12.1 Å². The van der Waals surface area contributed by atoms with E-state index >= 15 is 0 Å². The number of hydrogen-bond acceptors (Lipinski definition) is 5. The average molecular weight is 248 g/mol. The highest BCUT2D eigenvalue weighted by Gasteiger charge is 2.17. The van der Waals surface area contributed by atoms with Crippen LogP contribution in [0.25, 0.3) is 0 Å². The Labute approximate surface area is 101 Å². The van der Waals surface area contributed by atoms with Gasteiger partial charge in [0.15, 0.2) is 0 Å². The van der Waals surface area contributed by atoms with E-state index in [0.717, 1.165) is 12.1 Å². The van der Waals surface area contributed by atoms with E-state index in [2.05, 4.69) is 5.32 Å². The van der Waals surface area contributed by atoms with Crippen LogP contribution in [-0.4, -0.2) is 16.7 Å². The Morgan fingerprint density at radius 1 is 1.50 bits per heavy atom. The smallest absolute Gasteiger partial charge is 0.292 e. The third-order valence-corrected chi connectivity index (χ3v) is 1.99. The number of benzene rings is 1. The van der Waals surface area contributed by atoms with Crippen molar-refractivity contribution in [3.8, 4) is 6.07 Å². The van der Waals surface area contributed by atoms with Crippen molar-refractivity contribution in [2.24, 2.45) is 5.73 Å². The van der Waals surface area contributed by atoms with E-state index in [1.165, 1.54) is 6.07 Å². The van der Waals surface area contributed by atoms with E-state index in [0.29, 0.717) is 0 Å². The molecule has 0 spiro atoms. The Bertz CT molecular complexity index is 561. The lowest BCUT2D eigenvalue weighted by Crippen LogP contribution is -2.15. The van der Waals surface area contributed by atoms with Gasteiger partial charge >= 0.3 is 0 Å². The maximum atomic E-state index is 11.2. The van der Waals surface area contributed by atoms with E-state index in [-0.39, 0.29) is 16.9 Å². The Morgan fingerprint density at radius 2 is 2.17 bits per heavy atom. The number of carbonyl (C=O) groups is 2. The van der Waals surface area contributed by atoms with Crippen molar-refractivity contribution < 1.29 is 14.5 Å². The molecule has 0 saturated heterocycles. The molecule has 0 atom stereocenters. The van der Waals surface area contributed by atoms with Crippen molar-refractivity contribution in [1.29, 1.82) is 5.26 Å². The Hall–Kier alpha value is -2.95. The van der Waals surface area contributed by atoms with Crippen molar-refractivity contribution in [2.75, 3.05) is 5.32 Å². The zero-order valence-electron chi connectivity index (χ0n) is 9.04. The fraction of sp³-hybridized carbons (Fsp3) is 0.100. The van der Waals surface area contributed by atoms with Gasteiger partial charge in [0.25, 0.3) is 5.69 Å². The molecule has 2 amide bonds. The number of amides is 2. The van der Waals surface area contributed by atoms with Gasteiger partial charge in [-0.2, -0.15) is 5.26 Å². The molecule has 1 rings (SSSR count). The first-order valence-electron chi connectivity index (χ1n) is 4.70. The molecule has 0 heterocycles. The molecule has 1 aromatic carbocycles. The second-order valence-corrected chi connectivity index (χ2v) is 3.24. The Balaban J connectivity index is 3.16. The van der Waals surface area contributed by atoms with E-state index in [1.54, 1.807) is 6.07 Å². The zero-order chi connectivity index (χ0) is 13.7. The van der Waals surface area contributed by atoms with Crippen LogP contribution in [0.2, 0.25) is 0 Å². The summed E-state index contributed by atoms with van der Waals surface area (Å²) >= 11 is 0. The maximum absolute atomic E-state index is 11.2. The molecule has 0 saturated carbocycles. The van der Waals surface area contributed by atoms with E-state index < -0.39 is 23.2 Å². The normalized spacial score (nSPS) is 9.28. The first-order valence-corrected chi connectivity index (χ1v) is 4.70. The van der Waals surface area contributed by atoms with Crippen molar-refractivity contribution in [3.63, 3.8) is 0 Å². The molecule has 0 unspecified atom stereocenters. The quantitative estimate of drug-likeness (QED) is 0.591. The highest BCUT2D eigenvalue weighted by molar-refractivity contribution is 5.98. The largest absolute Gasteiger partial charge is 0.366 e. The SMILES string of the molecule is N#CCC(=O)Nc1cc(C(N)=O)ccc1[N+](=O)[O-]. The summed E-state index contributed by atoms with van der Waals surface area (Å²) in [5, 5.41) is 21.2. The second-order valence-electron chi connectivity index (χ2n) is 3.24. The number of nitro benzene ring substituents is 1. The van der Waals surface area contributed by atoms with E-state index in [4.69, 9.17) is 11.0 Å². The van der Waals surface area contributed by atoms with Crippen LogP contribution in [0.3, 0.4) is 0 Å². The fourth-order valence-corrected chi connectivity index (χ4v) is 1.21. The molecule has 18 heavy (non-hydrogen) atoms. The van der Waals surface area contributed by atoms with Gasteiger partial charge in [0.2, 0.25) is 11.8 Å². The standard InChI is InChI=1S/C10H8N4O4/c11-4-3-9(15)13-7-5-6(10(12)16)1-2-8(7)14(17)18/h1-2,5H,3H2,(H2,12,16)(H,13,15). The van der Waals surface area contributed by atoms with Crippen molar-refractivity contribution in [1.82, 2.24) is 0 Å². The number of primary amides is 1. The van der Waals surface area contributed by atoms with Gasteiger partial charge in [-0.1, -0.05) is 0 Å². The van der Waals surface area contributed by atoms with Crippen molar-refractivity contribution in [2.45, 2.75) is 6.42 Å². The van der Waals surface area contributed by atoms with Crippen molar-refractivity contribution >= 4 is 23.2 Å². The zero-order valence-corrected chi connectivity index (χ0v) is 9.04. The highest BCUT2D eigenvalue weighted by Crippen LogP contribution is 2.25. The number of nitriles is 1. The monoisotopic (exact) mass is 248 g/mol. The Morgan fingerprint density at radius 3 is 2.67 bits per heavy atom. The van der Waals surface area contributed by atoms with Gasteiger partial charge in [-0.3, -0.25) is 19.7 Å². The summed E-state index contributed by atoms with van der Waals surface area (Å²) in [5.41, 5.74) is 4.49. The number of nitrogens with one attached hydrogen (secondary N) is 1. The van der Waals surface area contributed by atoms with Crippen LogP contribution in [0.1, 0.15) is 16.8 Å². The second kappa shape index (κ2) is 5.40. The number of hydrogen-bond donors (Lipinski definition) is 2. The van der Waals surface area contributed by atoms with Crippen molar-refractivity contribution in [3.05, 3.63) is 33.9 Å². The van der Waals surface area contributed by atoms with Gasteiger partial charge in [-0.05, 0) is 12.1 Å². The summed E-state index contributed by atoms with van der Waals surface area (Å²) in [5.74, 6) is -1.48. The van der Waals surface area contributed by atoms with Crippen LogP contribution in [0.4, 0.5) is 11.4 Å². The highest BCUT2D eigenvalue weighted by atomic mass is 16.6.